The van der Waals surface area contributed by atoms with Gasteiger partial charge in [0.2, 0.25) is 0 Å². The smallest absolute Gasteiger partial charge is 0.150 e. The van der Waals surface area contributed by atoms with E-state index in [0.29, 0.717) is 22.8 Å². The first-order valence-corrected chi connectivity index (χ1v) is 6.12. The third-order valence-electron chi connectivity index (χ3n) is 3.11. The number of hydrogen-bond acceptors (Lipinski definition) is 3. The fraction of sp³-hybridized carbons (Fsp3) is 0.200. The number of nitrogens with zero attached hydrogens (tertiary/aromatic N) is 1. The van der Waals surface area contributed by atoms with Crippen molar-refractivity contribution in [2.24, 2.45) is 0 Å². The Balaban J connectivity index is 2.48. The van der Waals surface area contributed by atoms with Crippen molar-refractivity contribution < 1.29 is 13.5 Å². The molecule has 3 nitrogen and oxygen atoms in total. The highest BCUT2D eigenvalue weighted by atomic mass is 19.1. The van der Waals surface area contributed by atoms with Gasteiger partial charge in [-0.25, -0.2) is 8.78 Å². The van der Waals surface area contributed by atoms with Gasteiger partial charge in [-0.05, 0) is 30.3 Å². The van der Waals surface area contributed by atoms with E-state index >= 15 is 0 Å². The zero-order valence-electron chi connectivity index (χ0n) is 11.6. The molecule has 20 heavy (non-hydrogen) atoms. The summed E-state index contributed by atoms with van der Waals surface area (Å²) >= 11 is 0. The fourth-order valence-corrected chi connectivity index (χ4v) is 2.03. The molecule has 2 aromatic carbocycles. The van der Waals surface area contributed by atoms with E-state index in [1.54, 1.807) is 43.3 Å². The summed E-state index contributed by atoms with van der Waals surface area (Å²) in [6, 6.07) is 9.15. The van der Waals surface area contributed by atoms with Gasteiger partial charge in [-0.15, -0.1) is 0 Å². The second-order valence-electron chi connectivity index (χ2n) is 4.26. The number of anilines is 3. The number of benzene rings is 2. The SMILES string of the molecule is CNc1cc(N(C)c2c(F)cccc2OC)ccc1F. The van der Waals surface area contributed by atoms with Gasteiger partial charge in [0, 0.05) is 19.8 Å². The van der Waals surface area contributed by atoms with E-state index in [0.717, 1.165) is 0 Å². The molecule has 2 rings (SSSR count). The normalized spacial score (nSPS) is 10.2. The van der Waals surface area contributed by atoms with Crippen LogP contribution in [0.4, 0.5) is 25.8 Å². The lowest BCUT2D eigenvalue weighted by molar-refractivity contribution is 0.412. The average molecular weight is 278 g/mol. The molecule has 0 aliphatic carbocycles. The number of ether oxygens (including phenoxy) is 1. The Labute approximate surface area is 116 Å². The molecule has 0 unspecified atom stereocenters. The Kier molecular flexibility index (Phi) is 4.08. The molecule has 0 saturated carbocycles. The van der Waals surface area contributed by atoms with Gasteiger partial charge in [0.1, 0.15) is 17.3 Å². The molecule has 0 radical (unpaired) electrons. The predicted octanol–water partition coefficient (Wildman–Crippen LogP) is 3.78. The summed E-state index contributed by atoms with van der Waals surface area (Å²) in [5, 5.41) is 2.76. The maximum Gasteiger partial charge on any atom is 0.150 e. The highest BCUT2D eigenvalue weighted by molar-refractivity contribution is 5.71. The lowest BCUT2D eigenvalue weighted by Crippen LogP contribution is -2.13. The third-order valence-corrected chi connectivity index (χ3v) is 3.11. The van der Waals surface area contributed by atoms with E-state index in [4.69, 9.17) is 4.74 Å². The van der Waals surface area contributed by atoms with Gasteiger partial charge in [0.15, 0.2) is 5.82 Å². The first-order chi connectivity index (χ1) is 9.58. The largest absolute Gasteiger partial charge is 0.494 e. The maximum atomic E-state index is 14.0. The summed E-state index contributed by atoms with van der Waals surface area (Å²) in [4.78, 5) is 1.62. The van der Waals surface area contributed by atoms with Crippen LogP contribution in [-0.2, 0) is 0 Å². The molecule has 106 valence electrons. The van der Waals surface area contributed by atoms with E-state index in [-0.39, 0.29) is 5.82 Å². The summed E-state index contributed by atoms with van der Waals surface area (Å²) in [7, 11) is 4.81. The van der Waals surface area contributed by atoms with Crippen LogP contribution in [0.5, 0.6) is 5.75 Å². The third kappa shape index (κ3) is 2.52. The first kappa shape index (κ1) is 14.1. The predicted molar refractivity (Wildman–Crippen MR) is 77.0 cm³/mol. The molecule has 0 fully saturated rings. The van der Waals surface area contributed by atoms with Crippen molar-refractivity contribution in [3.8, 4) is 5.75 Å². The molecule has 0 aliphatic heterocycles. The van der Waals surface area contributed by atoms with Crippen LogP contribution in [0.1, 0.15) is 0 Å². The Morgan fingerprint density at radius 3 is 2.50 bits per heavy atom. The minimum absolute atomic E-state index is 0.309. The van der Waals surface area contributed by atoms with Gasteiger partial charge in [-0.3, -0.25) is 0 Å². The minimum atomic E-state index is -0.401. The van der Waals surface area contributed by atoms with Crippen LogP contribution in [0.2, 0.25) is 0 Å². The molecule has 0 spiro atoms. The van der Waals surface area contributed by atoms with Crippen molar-refractivity contribution in [1.82, 2.24) is 0 Å². The van der Waals surface area contributed by atoms with Crippen molar-refractivity contribution in [1.29, 1.82) is 0 Å². The van der Waals surface area contributed by atoms with Crippen molar-refractivity contribution in [2.75, 3.05) is 31.4 Å². The average Bonchev–Trinajstić information content (AvgIpc) is 2.46. The molecular weight excluding hydrogens is 262 g/mol. The van der Waals surface area contributed by atoms with Crippen molar-refractivity contribution in [2.45, 2.75) is 0 Å². The van der Waals surface area contributed by atoms with Gasteiger partial charge in [-0.2, -0.15) is 0 Å². The Hall–Kier alpha value is -2.30. The highest BCUT2D eigenvalue weighted by Gasteiger charge is 2.16. The highest BCUT2D eigenvalue weighted by Crippen LogP contribution is 2.35. The molecule has 0 aliphatic rings. The van der Waals surface area contributed by atoms with Crippen LogP contribution in [0.15, 0.2) is 36.4 Å². The maximum absolute atomic E-state index is 14.0. The minimum Gasteiger partial charge on any atom is -0.494 e. The second-order valence-corrected chi connectivity index (χ2v) is 4.26. The number of para-hydroxylation sites is 1. The Morgan fingerprint density at radius 2 is 1.85 bits per heavy atom. The number of nitrogens with one attached hydrogen (secondary N) is 1. The lowest BCUT2D eigenvalue weighted by Gasteiger charge is -2.23. The second kappa shape index (κ2) is 5.77. The first-order valence-electron chi connectivity index (χ1n) is 6.12. The molecule has 5 heteroatoms. The van der Waals surface area contributed by atoms with Gasteiger partial charge < -0.3 is 15.0 Å². The Bertz CT molecular complexity index is 617. The van der Waals surface area contributed by atoms with Crippen LogP contribution in [0.3, 0.4) is 0 Å². The molecule has 0 heterocycles. The number of halogens is 2. The molecule has 2 aromatic rings. The summed E-state index contributed by atoms with van der Waals surface area (Å²) in [6.07, 6.45) is 0. The van der Waals surface area contributed by atoms with Crippen LogP contribution >= 0.6 is 0 Å². The van der Waals surface area contributed by atoms with Crippen LogP contribution < -0.4 is 15.0 Å². The summed E-state index contributed by atoms with van der Waals surface area (Å²) in [5.74, 6) is -0.338. The van der Waals surface area contributed by atoms with Crippen molar-refractivity contribution in [3.05, 3.63) is 48.0 Å². The Morgan fingerprint density at radius 1 is 1.10 bits per heavy atom. The quantitative estimate of drug-likeness (QED) is 0.921. The standard InChI is InChI=1S/C15H16F2N2O/c1-18-13-9-10(7-8-11(13)16)19(2)15-12(17)5-4-6-14(15)20-3/h4-9,18H,1-3H3. The summed E-state index contributed by atoms with van der Waals surface area (Å²) in [5.41, 5.74) is 1.31. The van der Waals surface area contributed by atoms with E-state index < -0.39 is 5.82 Å². The van der Waals surface area contributed by atoms with E-state index in [2.05, 4.69) is 5.32 Å². The topological polar surface area (TPSA) is 24.5 Å². The van der Waals surface area contributed by atoms with Gasteiger partial charge in [-0.1, -0.05) is 6.07 Å². The molecule has 0 amide bonds. The number of hydrogen-bond donors (Lipinski definition) is 1. The molecule has 0 bridgehead atoms. The van der Waals surface area contributed by atoms with Crippen LogP contribution in [0, 0.1) is 11.6 Å². The van der Waals surface area contributed by atoms with Gasteiger partial charge in [0.05, 0.1) is 12.8 Å². The van der Waals surface area contributed by atoms with Gasteiger partial charge >= 0.3 is 0 Å². The summed E-state index contributed by atoms with van der Waals surface area (Å²) in [6.45, 7) is 0. The monoisotopic (exact) mass is 278 g/mol. The van der Waals surface area contributed by atoms with E-state index in [1.807, 2.05) is 0 Å². The lowest BCUT2D eigenvalue weighted by atomic mass is 10.2. The zero-order valence-corrected chi connectivity index (χ0v) is 11.6. The summed E-state index contributed by atoms with van der Waals surface area (Å²) < 4.78 is 32.7. The van der Waals surface area contributed by atoms with Crippen molar-refractivity contribution >= 4 is 17.1 Å². The fourth-order valence-electron chi connectivity index (χ4n) is 2.03. The van der Waals surface area contributed by atoms with E-state index in [9.17, 15) is 8.78 Å². The van der Waals surface area contributed by atoms with Crippen LogP contribution in [0.25, 0.3) is 0 Å². The molecule has 0 aromatic heterocycles. The molecule has 1 N–H and O–H groups in total. The van der Waals surface area contributed by atoms with E-state index in [1.165, 1.54) is 19.2 Å². The van der Waals surface area contributed by atoms with Gasteiger partial charge in [0.25, 0.3) is 0 Å². The van der Waals surface area contributed by atoms with Crippen molar-refractivity contribution in [3.63, 3.8) is 0 Å². The molecule has 0 atom stereocenters. The molecule has 0 saturated heterocycles. The molecular formula is C15H16F2N2O. The van der Waals surface area contributed by atoms with Crippen LogP contribution in [-0.4, -0.2) is 21.2 Å². The number of rotatable bonds is 4. The zero-order chi connectivity index (χ0) is 14.7. The number of methoxy groups -OCH3 is 1.